The molecule has 2 rings (SSSR count). The maximum Gasteiger partial charge on any atom is 0.239 e. The van der Waals surface area contributed by atoms with E-state index in [1.54, 1.807) is 32.2 Å². The van der Waals surface area contributed by atoms with Crippen LogP contribution in [0.25, 0.3) is 10.9 Å². The number of fused-ring (bicyclic) bond motifs is 1. The highest BCUT2D eigenvalue weighted by molar-refractivity contribution is 6.12. The third-order valence-electron chi connectivity index (χ3n) is 3.42. The van der Waals surface area contributed by atoms with E-state index in [0.717, 1.165) is 5.39 Å². The molecule has 0 atom stereocenters. The standard InChI is InChI=1S/C17H19N3O2/c1-4-10-19-15(21)17(2,3)16(22)20-13-9-5-7-12-8-6-11-18-14(12)13/h4-9,11H,1,10H2,2-3H3,(H,19,21)(H,20,22). The summed E-state index contributed by atoms with van der Waals surface area (Å²) in [5.74, 6) is -0.731. The van der Waals surface area contributed by atoms with Crippen LogP contribution in [0.4, 0.5) is 5.69 Å². The first-order valence-corrected chi connectivity index (χ1v) is 7.01. The quantitative estimate of drug-likeness (QED) is 0.658. The highest BCUT2D eigenvalue weighted by atomic mass is 16.2. The third kappa shape index (κ3) is 3.14. The number of nitrogens with one attached hydrogen (secondary N) is 2. The van der Waals surface area contributed by atoms with Crippen LogP contribution < -0.4 is 10.6 Å². The molecular weight excluding hydrogens is 278 g/mol. The molecule has 0 unspecified atom stereocenters. The summed E-state index contributed by atoms with van der Waals surface area (Å²) in [4.78, 5) is 28.8. The van der Waals surface area contributed by atoms with Crippen molar-refractivity contribution in [2.24, 2.45) is 5.41 Å². The zero-order chi connectivity index (χ0) is 16.2. The van der Waals surface area contributed by atoms with Gasteiger partial charge in [0.1, 0.15) is 5.41 Å². The summed E-state index contributed by atoms with van der Waals surface area (Å²) in [6.07, 6.45) is 3.24. The number of hydrogen-bond donors (Lipinski definition) is 2. The summed E-state index contributed by atoms with van der Waals surface area (Å²) >= 11 is 0. The minimum absolute atomic E-state index is 0.325. The van der Waals surface area contributed by atoms with Gasteiger partial charge in [0.15, 0.2) is 0 Å². The second kappa shape index (κ2) is 6.39. The lowest BCUT2D eigenvalue weighted by Crippen LogP contribution is -2.45. The number of nitrogens with zero attached hydrogens (tertiary/aromatic N) is 1. The Hall–Kier alpha value is -2.69. The van der Waals surface area contributed by atoms with E-state index >= 15 is 0 Å². The number of aromatic nitrogens is 1. The van der Waals surface area contributed by atoms with Crippen molar-refractivity contribution in [3.8, 4) is 0 Å². The molecule has 1 aromatic heterocycles. The molecule has 2 amide bonds. The number of hydrogen-bond acceptors (Lipinski definition) is 3. The summed E-state index contributed by atoms with van der Waals surface area (Å²) in [6.45, 7) is 7.03. The number of pyridine rings is 1. The van der Waals surface area contributed by atoms with Gasteiger partial charge in [-0.3, -0.25) is 14.6 Å². The normalized spacial score (nSPS) is 11.0. The fraction of sp³-hybridized carbons (Fsp3) is 0.235. The van der Waals surface area contributed by atoms with E-state index in [-0.39, 0.29) is 11.8 Å². The van der Waals surface area contributed by atoms with Crippen LogP contribution in [0.1, 0.15) is 13.8 Å². The number of rotatable bonds is 5. The maximum atomic E-state index is 12.5. The van der Waals surface area contributed by atoms with E-state index in [4.69, 9.17) is 0 Å². The van der Waals surface area contributed by atoms with Crippen LogP contribution in [0, 0.1) is 5.41 Å². The highest BCUT2D eigenvalue weighted by Gasteiger charge is 2.36. The SMILES string of the molecule is C=CCNC(=O)C(C)(C)C(=O)Nc1cccc2cccnc12. The molecule has 0 aliphatic heterocycles. The Morgan fingerprint density at radius 2 is 1.95 bits per heavy atom. The summed E-state index contributed by atoms with van der Waals surface area (Å²) in [6, 6.07) is 9.27. The van der Waals surface area contributed by atoms with Gasteiger partial charge in [-0.2, -0.15) is 0 Å². The molecule has 1 aromatic carbocycles. The van der Waals surface area contributed by atoms with E-state index in [1.165, 1.54) is 0 Å². The van der Waals surface area contributed by atoms with Crippen LogP contribution in [0.2, 0.25) is 0 Å². The van der Waals surface area contributed by atoms with Crippen LogP contribution >= 0.6 is 0 Å². The average Bonchev–Trinajstić information content (AvgIpc) is 2.52. The highest BCUT2D eigenvalue weighted by Crippen LogP contribution is 2.24. The molecule has 114 valence electrons. The molecule has 0 saturated carbocycles. The molecule has 2 N–H and O–H groups in total. The first-order chi connectivity index (χ1) is 10.5. The number of carbonyl (C=O) groups is 2. The molecule has 0 aliphatic rings. The molecule has 0 spiro atoms. The van der Waals surface area contributed by atoms with Crippen LogP contribution in [0.5, 0.6) is 0 Å². The predicted octanol–water partition coefficient (Wildman–Crippen LogP) is 2.50. The van der Waals surface area contributed by atoms with Crippen molar-refractivity contribution < 1.29 is 9.59 Å². The Bertz CT molecular complexity index is 717. The van der Waals surface area contributed by atoms with Gasteiger partial charge in [-0.05, 0) is 26.0 Å². The second-order valence-electron chi connectivity index (χ2n) is 5.46. The van der Waals surface area contributed by atoms with E-state index in [1.807, 2.05) is 24.3 Å². The first-order valence-electron chi connectivity index (χ1n) is 7.01. The van der Waals surface area contributed by atoms with Gasteiger partial charge in [0, 0.05) is 18.1 Å². The molecule has 0 bridgehead atoms. The van der Waals surface area contributed by atoms with E-state index < -0.39 is 5.41 Å². The molecule has 5 nitrogen and oxygen atoms in total. The van der Waals surface area contributed by atoms with Gasteiger partial charge in [0.2, 0.25) is 11.8 Å². The molecule has 2 aromatic rings. The van der Waals surface area contributed by atoms with Crippen molar-refractivity contribution in [1.29, 1.82) is 0 Å². The topological polar surface area (TPSA) is 71.1 Å². The average molecular weight is 297 g/mol. The smallest absolute Gasteiger partial charge is 0.239 e. The minimum atomic E-state index is -1.19. The molecule has 0 aliphatic carbocycles. The van der Waals surface area contributed by atoms with Crippen molar-refractivity contribution in [2.45, 2.75) is 13.8 Å². The summed E-state index contributed by atoms with van der Waals surface area (Å²) < 4.78 is 0. The fourth-order valence-electron chi connectivity index (χ4n) is 1.97. The third-order valence-corrected chi connectivity index (χ3v) is 3.42. The Morgan fingerprint density at radius 3 is 2.68 bits per heavy atom. The number of amides is 2. The first kappa shape index (κ1) is 15.7. The Balaban J connectivity index is 2.23. The number of anilines is 1. The van der Waals surface area contributed by atoms with Gasteiger partial charge in [0.05, 0.1) is 11.2 Å². The van der Waals surface area contributed by atoms with Gasteiger partial charge < -0.3 is 10.6 Å². The van der Waals surface area contributed by atoms with Crippen molar-refractivity contribution in [3.05, 3.63) is 49.2 Å². The van der Waals surface area contributed by atoms with Crippen LogP contribution in [0.15, 0.2) is 49.2 Å². The summed E-state index contributed by atoms with van der Waals surface area (Å²) in [5.41, 5.74) is 0.0910. The van der Waals surface area contributed by atoms with E-state index in [9.17, 15) is 9.59 Å². The molecule has 22 heavy (non-hydrogen) atoms. The van der Waals surface area contributed by atoms with E-state index in [0.29, 0.717) is 17.7 Å². The van der Waals surface area contributed by atoms with Gasteiger partial charge >= 0.3 is 0 Å². The van der Waals surface area contributed by atoms with E-state index in [2.05, 4.69) is 22.2 Å². The summed E-state index contributed by atoms with van der Waals surface area (Å²) in [5, 5.41) is 6.36. The van der Waals surface area contributed by atoms with Gasteiger partial charge in [-0.25, -0.2) is 0 Å². The Morgan fingerprint density at radius 1 is 1.23 bits per heavy atom. The van der Waals surface area contributed by atoms with Crippen molar-refractivity contribution in [1.82, 2.24) is 10.3 Å². The molecule has 0 fully saturated rings. The number of para-hydroxylation sites is 1. The monoisotopic (exact) mass is 297 g/mol. The fourth-order valence-corrected chi connectivity index (χ4v) is 1.97. The molecule has 0 saturated heterocycles. The molecule has 1 heterocycles. The van der Waals surface area contributed by atoms with Crippen LogP contribution in [0.3, 0.4) is 0 Å². The van der Waals surface area contributed by atoms with Crippen molar-refractivity contribution >= 4 is 28.4 Å². The minimum Gasteiger partial charge on any atom is -0.352 e. The Kier molecular flexibility index (Phi) is 4.56. The van der Waals surface area contributed by atoms with Crippen LogP contribution in [-0.2, 0) is 9.59 Å². The lowest BCUT2D eigenvalue weighted by molar-refractivity contribution is -0.138. The van der Waals surface area contributed by atoms with Crippen molar-refractivity contribution in [3.63, 3.8) is 0 Å². The lowest BCUT2D eigenvalue weighted by Gasteiger charge is -2.22. The maximum absolute atomic E-state index is 12.5. The van der Waals surface area contributed by atoms with Crippen molar-refractivity contribution in [2.75, 3.05) is 11.9 Å². The largest absolute Gasteiger partial charge is 0.352 e. The second-order valence-corrected chi connectivity index (χ2v) is 5.46. The molecule has 5 heteroatoms. The number of carbonyl (C=O) groups excluding carboxylic acids is 2. The number of benzene rings is 1. The predicted molar refractivity (Wildman–Crippen MR) is 87.4 cm³/mol. The van der Waals surface area contributed by atoms with Gasteiger partial charge in [0.25, 0.3) is 0 Å². The molecule has 0 radical (unpaired) electrons. The zero-order valence-corrected chi connectivity index (χ0v) is 12.7. The summed E-state index contributed by atoms with van der Waals surface area (Å²) in [7, 11) is 0. The van der Waals surface area contributed by atoms with Crippen LogP contribution in [-0.4, -0.2) is 23.3 Å². The van der Waals surface area contributed by atoms with Gasteiger partial charge in [-0.1, -0.05) is 24.3 Å². The molecular formula is C17H19N3O2. The zero-order valence-electron chi connectivity index (χ0n) is 12.7. The Labute approximate surface area is 129 Å². The van der Waals surface area contributed by atoms with Gasteiger partial charge in [-0.15, -0.1) is 6.58 Å². The lowest BCUT2D eigenvalue weighted by atomic mass is 9.91.